The predicted octanol–water partition coefficient (Wildman–Crippen LogP) is 4.74. The number of hydrogen-bond donors (Lipinski definition) is 1. The Kier molecular flexibility index (Phi) is 4.96. The molecule has 6 nitrogen and oxygen atoms in total. The first kappa shape index (κ1) is 20.8. The highest BCUT2D eigenvalue weighted by Crippen LogP contribution is 2.45. The standard InChI is InChI=1S/C25H26N2O4/c1-14-6-7-15(12-26-14)18-8-16-9-23(25(2,3)4)27-13-19(24(29)30)21(28)11-20(27)17(16)10-22(18)31-5/h6-8,10-13,23H,9H2,1-5H3,(H,29,30). The van der Waals surface area contributed by atoms with Gasteiger partial charge in [0.1, 0.15) is 11.3 Å². The summed E-state index contributed by atoms with van der Waals surface area (Å²) in [6.07, 6.45) is 4.04. The third kappa shape index (κ3) is 3.63. The summed E-state index contributed by atoms with van der Waals surface area (Å²) in [5, 5.41) is 9.48. The molecule has 31 heavy (non-hydrogen) atoms. The van der Waals surface area contributed by atoms with Crippen molar-refractivity contribution in [1.82, 2.24) is 9.55 Å². The molecule has 1 N–H and O–H groups in total. The Hall–Kier alpha value is -3.41. The van der Waals surface area contributed by atoms with Gasteiger partial charge in [0.25, 0.3) is 0 Å². The number of hydrogen-bond acceptors (Lipinski definition) is 4. The van der Waals surface area contributed by atoms with Crippen molar-refractivity contribution in [2.45, 2.75) is 40.2 Å². The highest BCUT2D eigenvalue weighted by molar-refractivity contribution is 5.88. The fraction of sp³-hybridized carbons (Fsp3) is 0.320. The van der Waals surface area contributed by atoms with Crippen LogP contribution in [0.15, 0.2) is 47.5 Å². The third-order valence-electron chi connectivity index (χ3n) is 5.98. The van der Waals surface area contributed by atoms with E-state index in [4.69, 9.17) is 4.74 Å². The topological polar surface area (TPSA) is 81.4 Å². The summed E-state index contributed by atoms with van der Waals surface area (Å²) >= 11 is 0. The van der Waals surface area contributed by atoms with Crippen LogP contribution in [-0.2, 0) is 6.42 Å². The summed E-state index contributed by atoms with van der Waals surface area (Å²) in [6.45, 7) is 8.32. The Morgan fingerprint density at radius 3 is 2.52 bits per heavy atom. The molecule has 0 fully saturated rings. The highest BCUT2D eigenvalue weighted by Gasteiger charge is 2.34. The van der Waals surface area contributed by atoms with Crippen molar-refractivity contribution in [1.29, 1.82) is 0 Å². The molecular weight excluding hydrogens is 392 g/mol. The average Bonchev–Trinajstić information content (AvgIpc) is 2.71. The van der Waals surface area contributed by atoms with E-state index in [-0.39, 0.29) is 17.0 Å². The number of carboxylic acids is 1. The molecule has 0 amide bonds. The maximum atomic E-state index is 12.5. The SMILES string of the molecule is COc1cc2c(cc1-c1ccc(C)nc1)CC(C(C)(C)C)n1cc(C(=O)O)c(=O)cc1-2. The first-order chi connectivity index (χ1) is 14.6. The van der Waals surface area contributed by atoms with Crippen LogP contribution < -0.4 is 10.2 Å². The fourth-order valence-corrected chi connectivity index (χ4v) is 4.27. The molecule has 1 atom stereocenters. The maximum absolute atomic E-state index is 12.5. The summed E-state index contributed by atoms with van der Waals surface area (Å²) in [6, 6.07) is 9.47. The first-order valence-corrected chi connectivity index (χ1v) is 10.2. The van der Waals surface area contributed by atoms with Gasteiger partial charge < -0.3 is 14.4 Å². The highest BCUT2D eigenvalue weighted by atomic mass is 16.5. The molecule has 6 heteroatoms. The van der Waals surface area contributed by atoms with E-state index < -0.39 is 11.4 Å². The van der Waals surface area contributed by atoms with E-state index in [9.17, 15) is 14.7 Å². The summed E-state index contributed by atoms with van der Waals surface area (Å²) in [7, 11) is 1.62. The molecule has 1 aromatic carbocycles. The number of fused-ring (bicyclic) bond motifs is 3. The van der Waals surface area contributed by atoms with Crippen LogP contribution in [0.4, 0.5) is 0 Å². The van der Waals surface area contributed by atoms with E-state index in [1.54, 1.807) is 7.11 Å². The number of carboxylic acid groups (broad SMARTS) is 1. The molecule has 1 aliphatic heterocycles. The molecule has 0 saturated carbocycles. The van der Waals surface area contributed by atoms with Gasteiger partial charge in [-0.2, -0.15) is 0 Å². The zero-order valence-corrected chi connectivity index (χ0v) is 18.4. The summed E-state index contributed by atoms with van der Waals surface area (Å²) in [5.74, 6) is -0.529. The molecule has 3 aromatic rings. The zero-order valence-electron chi connectivity index (χ0n) is 18.4. The van der Waals surface area contributed by atoms with Gasteiger partial charge in [0.05, 0.1) is 12.8 Å². The lowest BCUT2D eigenvalue weighted by Gasteiger charge is -2.39. The van der Waals surface area contributed by atoms with E-state index in [0.29, 0.717) is 17.9 Å². The Morgan fingerprint density at radius 2 is 1.94 bits per heavy atom. The van der Waals surface area contributed by atoms with Crippen LogP contribution in [0.3, 0.4) is 0 Å². The molecule has 0 bridgehead atoms. The molecule has 3 heterocycles. The van der Waals surface area contributed by atoms with Crippen LogP contribution in [0.25, 0.3) is 22.4 Å². The Morgan fingerprint density at radius 1 is 1.19 bits per heavy atom. The fourth-order valence-electron chi connectivity index (χ4n) is 4.27. The number of aromatic nitrogens is 2. The van der Waals surface area contributed by atoms with Crippen molar-refractivity contribution < 1.29 is 14.6 Å². The van der Waals surface area contributed by atoms with Crippen LogP contribution in [0, 0.1) is 12.3 Å². The van der Waals surface area contributed by atoms with Crippen LogP contribution in [0.5, 0.6) is 5.75 Å². The number of ether oxygens (including phenoxy) is 1. The van der Waals surface area contributed by atoms with Crippen molar-refractivity contribution >= 4 is 5.97 Å². The Balaban J connectivity index is 1.99. The summed E-state index contributed by atoms with van der Waals surface area (Å²) < 4.78 is 7.63. The number of carbonyl (C=O) groups is 1. The average molecular weight is 418 g/mol. The molecule has 0 radical (unpaired) electrons. The number of aryl methyl sites for hydroxylation is 1. The molecule has 1 aliphatic rings. The largest absolute Gasteiger partial charge is 0.496 e. The molecular formula is C25H26N2O4. The van der Waals surface area contributed by atoms with Gasteiger partial charge in [0.2, 0.25) is 0 Å². The number of pyridine rings is 2. The van der Waals surface area contributed by atoms with E-state index in [1.807, 2.05) is 35.9 Å². The molecule has 2 aromatic heterocycles. The normalized spacial score (nSPS) is 15.2. The second-order valence-electron chi connectivity index (χ2n) is 9.13. The summed E-state index contributed by atoms with van der Waals surface area (Å²) in [5.41, 5.74) is 4.68. The first-order valence-electron chi connectivity index (χ1n) is 10.2. The minimum Gasteiger partial charge on any atom is -0.496 e. The zero-order chi connectivity index (χ0) is 22.5. The van der Waals surface area contributed by atoms with Gasteiger partial charge in [0, 0.05) is 46.9 Å². The quantitative estimate of drug-likeness (QED) is 0.665. The lowest BCUT2D eigenvalue weighted by molar-refractivity contribution is 0.0693. The number of methoxy groups -OCH3 is 1. The lowest BCUT2D eigenvalue weighted by Crippen LogP contribution is -2.32. The molecule has 160 valence electrons. The Bertz CT molecular complexity index is 1230. The van der Waals surface area contributed by atoms with E-state index in [1.165, 1.54) is 12.3 Å². The maximum Gasteiger partial charge on any atom is 0.341 e. The van der Waals surface area contributed by atoms with Crippen LogP contribution in [-0.4, -0.2) is 27.7 Å². The number of rotatable bonds is 3. The minimum absolute atomic E-state index is 0.00825. The van der Waals surface area contributed by atoms with Crippen molar-refractivity contribution in [3.63, 3.8) is 0 Å². The van der Waals surface area contributed by atoms with Crippen molar-refractivity contribution in [3.8, 4) is 28.1 Å². The minimum atomic E-state index is -1.21. The third-order valence-corrected chi connectivity index (χ3v) is 5.98. The van der Waals surface area contributed by atoms with Crippen LogP contribution >= 0.6 is 0 Å². The van der Waals surface area contributed by atoms with Gasteiger partial charge in [-0.15, -0.1) is 0 Å². The van der Waals surface area contributed by atoms with Crippen LogP contribution in [0.2, 0.25) is 0 Å². The Labute approximate surface area is 181 Å². The van der Waals surface area contributed by atoms with E-state index >= 15 is 0 Å². The molecule has 1 unspecified atom stereocenters. The predicted molar refractivity (Wildman–Crippen MR) is 120 cm³/mol. The molecule has 0 spiro atoms. The van der Waals surface area contributed by atoms with Crippen molar-refractivity contribution in [2.24, 2.45) is 5.41 Å². The smallest absolute Gasteiger partial charge is 0.341 e. The monoisotopic (exact) mass is 418 g/mol. The van der Waals surface area contributed by atoms with Gasteiger partial charge in [-0.3, -0.25) is 9.78 Å². The second-order valence-corrected chi connectivity index (χ2v) is 9.13. The summed E-state index contributed by atoms with van der Waals surface area (Å²) in [4.78, 5) is 28.6. The lowest BCUT2D eigenvalue weighted by atomic mass is 9.78. The number of benzene rings is 1. The van der Waals surface area contributed by atoms with Gasteiger partial charge in [-0.05, 0) is 42.5 Å². The van der Waals surface area contributed by atoms with E-state index in [0.717, 1.165) is 27.9 Å². The molecule has 4 rings (SSSR count). The van der Waals surface area contributed by atoms with Crippen molar-refractivity contribution in [2.75, 3.05) is 7.11 Å². The van der Waals surface area contributed by atoms with Gasteiger partial charge in [-0.25, -0.2) is 4.79 Å². The van der Waals surface area contributed by atoms with Gasteiger partial charge in [0.15, 0.2) is 5.43 Å². The van der Waals surface area contributed by atoms with Crippen molar-refractivity contribution in [3.05, 3.63) is 69.8 Å². The molecule has 0 saturated heterocycles. The molecule has 0 aliphatic carbocycles. The van der Waals surface area contributed by atoms with Crippen LogP contribution in [0.1, 0.15) is 48.4 Å². The number of aromatic carboxylic acids is 1. The van der Waals surface area contributed by atoms with E-state index in [2.05, 4.69) is 31.8 Å². The van der Waals surface area contributed by atoms with Gasteiger partial charge in [-0.1, -0.05) is 26.8 Å². The number of nitrogens with zero attached hydrogens (tertiary/aromatic N) is 2. The second kappa shape index (κ2) is 7.38. The van der Waals surface area contributed by atoms with Gasteiger partial charge >= 0.3 is 5.97 Å².